The van der Waals surface area contributed by atoms with Gasteiger partial charge in [0.15, 0.2) is 0 Å². The van der Waals surface area contributed by atoms with E-state index in [0.29, 0.717) is 10.6 Å². The van der Waals surface area contributed by atoms with Crippen LogP contribution < -0.4 is 5.32 Å². The first-order chi connectivity index (χ1) is 9.36. The maximum absolute atomic E-state index is 13.4. The normalized spacial score (nSPS) is 11.4. The highest BCUT2D eigenvalue weighted by Crippen LogP contribution is 2.29. The lowest BCUT2D eigenvalue weighted by atomic mass is 10.1. The van der Waals surface area contributed by atoms with Gasteiger partial charge in [-0.25, -0.2) is 4.39 Å². The van der Waals surface area contributed by atoms with E-state index in [9.17, 15) is 17.6 Å². The molecule has 0 radical (unpaired) electrons. The lowest BCUT2D eigenvalue weighted by Gasteiger charge is -2.10. The number of benzene rings is 2. The molecular weight excluding hydrogens is 294 g/mol. The van der Waals surface area contributed by atoms with Gasteiger partial charge in [0, 0.05) is 11.6 Å². The Morgan fingerprint density at radius 2 is 1.65 bits per heavy atom. The Bertz CT molecular complexity index is 593. The van der Waals surface area contributed by atoms with E-state index in [2.05, 4.69) is 5.32 Å². The number of rotatable bonds is 3. The molecule has 0 unspecified atom stereocenters. The average Bonchev–Trinajstić information content (AvgIpc) is 2.39. The molecule has 0 bridgehead atoms. The molecule has 0 aliphatic heterocycles. The quantitative estimate of drug-likeness (QED) is 0.777. The summed E-state index contributed by atoms with van der Waals surface area (Å²) in [6, 6.07) is 8.73. The molecule has 6 heteroatoms. The molecule has 2 aromatic carbocycles. The van der Waals surface area contributed by atoms with Gasteiger partial charge < -0.3 is 5.32 Å². The summed E-state index contributed by atoms with van der Waals surface area (Å²) in [6.45, 7) is 0.204. The van der Waals surface area contributed by atoms with Crippen LogP contribution in [0.2, 0.25) is 5.02 Å². The summed E-state index contributed by atoms with van der Waals surface area (Å²) in [7, 11) is 0. The van der Waals surface area contributed by atoms with E-state index < -0.39 is 17.6 Å². The summed E-state index contributed by atoms with van der Waals surface area (Å²) in [6.07, 6.45) is -4.36. The SMILES string of the molecule is Fc1ccc(Cl)cc1NCc1ccc(C(F)(F)F)cc1. The van der Waals surface area contributed by atoms with Crippen LogP contribution in [0.15, 0.2) is 42.5 Å². The number of halogens is 5. The van der Waals surface area contributed by atoms with E-state index in [1.807, 2.05) is 0 Å². The highest BCUT2D eigenvalue weighted by Gasteiger charge is 2.29. The van der Waals surface area contributed by atoms with Crippen LogP contribution in [0, 0.1) is 5.82 Å². The van der Waals surface area contributed by atoms with Gasteiger partial charge in [-0.3, -0.25) is 0 Å². The largest absolute Gasteiger partial charge is 0.416 e. The first-order valence-corrected chi connectivity index (χ1v) is 6.09. The first-order valence-electron chi connectivity index (χ1n) is 5.71. The highest BCUT2D eigenvalue weighted by atomic mass is 35.5. The van der Waals surface area contributed by atoms with Crippen molar-refractivity contribution < 1.29 is 17.6 Å². The topological polar surface area (TPSA) is 12.0 Å². The maximum atomic E-state index is 13.4. The van der Waals surface area contributed by atoms with Crippen LogP contribution in [-0.4, -0.2) is 0 Å². The molecule has 0 heterocycles. The Labute approximate surface area is 118 Å². The minimum atomic E-state index is -4.36. The molecule has 0 aliphatic carbocycles. The van der Waals surface area contributed by atoms with Crippen LogP contribution in [0.5, 0.6) is 0 Å². The van der Waals surface area contributed by atoms with Crippen molar-refractivity contribution in [1.29, 1.82) is 0 Å². The predicted octanol–water partition coefficient (Wildman–Crippen LogP) is 5.11. The molecule has 106 valence electrons. The molecule has 0 fully saturated rings. The number of alkyl halides is 3. The fourth-order valence-corrected chi connectivity index (χ4v) is 1.81. The van der Waals surface area contributed by atoms with E-state index in [1.165, 1.54) is 30.3 Å². The van der Waals surface area contributed by atoms with Crippen LogP contribution in [-0.2, 0) is 12.7 Å². The second-order valence-electron chi connectivity index (χ2n) is 4.17. The number of hydrogen-bond donors (Lipinski definition) is 1. The van der Waals surface area contributed by atoms with Gasteiger partial charge in [0.25, 0.3) is 0 Å². The molecule has 2 aromatic rings. The average molecular weight is 304 g/mol. The van der Waals surface area contributed by atoms with E-state index in [1.54, 1.807) is 0 Å². The van der Waals surface area contributed by atoms with Gasteiger partial charge in [-0.15, -0.1) is 0 Å². The van der Waals surface area contributed by atoms with Crippen molar-refractivity contribution in [2.45, 2.75) is 12.7 Å². The first kappa shape index (κ1) is 14.7. The van der Waals surface area contributed by atoms with Gasteiger partial charge in [-0.05, 0) is 35.9 Å². The second kappa shape index (κ2) is 5.71. The molecule has 2 rings (SSSR count). The van der Waals surface area contributed by atoms with Gasteiger partial charge in [-0.1, -0.05) is 23.7 Å². The summed E-state index contributed by atoms with van der Waals surface area (Å²) in [5.74, 6) is -0.471. The van der Waals surface area contributed by atoms with Crippen molar-refractivity contribution in [1.82, 2.24) is 0 Å². The lowest BCUT2D eigenvalue weighted by Crippen LogP contribution is -2.06. The summed E-state index contributed by atoms with van der Waals surface area (Å²) < 4.78 is 50.6. The van der Waals surface area contributed by atoms with E-state index >= 15 is 0 Å². The van der Waals surface area contributed by atoms with Crippen molar-refractivity contribution in [3.8, 4) is 0 Å². The molecule has 0 saturated carbocycles. The third-order valence-electron chi connectivity index (χ3n) is 2.69. The summed E-state index contributed by atoms with van der Waals surface area (Å²) in [4.78, 5) is 0. The Balaban J connectivity index is 2.06. The van der Waals surface area contributed by atoms with Gasteiger partial charge >= 0.3 is 6.18 Å². The van der Waals surface area contributed by atoms with Crippen molar-refractivity contribution in [3.63, 3.8) is 0 Å². The van der Waals surface area contributed by atoms with E-state index in [-0.39, 0.29) is 12.2 Å². The van der Waals surface area contributed by atoms with Crippen molar-refractivity contribution >= 4 is 17.3 Å². The van der Waals surface area contributed by atoms with Gasteiger partial charge in [0.1, 0.15) is 5.82 Å². The van der Waals surface area contributed by atoms with Crippen LogP contribution in [0.3, 0.4) is 0 Å². The van der Waals surface area contributed by atoms with Crippen LogP contribution in [0.1, 0.15) is 11.1 Å². The van der Waals surface area contributed by atoms with Gasteiger partial charge in [0.05, 0.1) is 11.3 Å². The Kier molecular flexibility index (Phi) is 4.18. The van der Waals surface area contributed by atoms with Crippen LogP contribution in [0.4, 0.5) is 23.2 Å². The van der Waals surface area contributed by atoms with Crippen molar-refractivity contribution in [3.05, 3.63) is 64.4 Å². The minimum absolute atomic E-state index is 0.204. The Hall–Kier alpha value is -1.75. The molecule has 0 aromatic heterocycles. The van der Waals surface area contributed by atoms with Crippen molar-refractivity contribution in [2.24, 2.45) is 0 Å². The Morgan fingerprint density at radius 3 is 2.25 bits per heavy atom. The summed E-state index contributed by atoms with van der Waals surface area (Å²) in [5.41, 5.74) is 0.102. The zero-order valence-electron chi connectivity index (χ0n) is 10.1. The fraction of sp³-hybridized carbons (Fsp3) is 0.143. The standard InChI is InChI=1S/C14H10ClF4N/c15-11-5-6-12(16)13(7-11)20-8-9-1-3-10(4-2-9)14(17,18)19/h1-7,20H,8H2. The number of hydrogen-bond acceptors (Lipinski definition) is 1. The molecule has 0 spiro atoms. The fourth-order valence-electron chi connectivity index (χ4n) is 1.64. The zero-order chi connectivity index (χ0) is 14.8. The van der Waals surface area contributed by atoms with Gasteiger partial charge in [0.2, 0.25) is 0 Å². The summed E-state index contributed by atoms with van der Waals surface area (Å²) in [5, 5.41) is 3.16. The maximum Gasteiger partial charge on any atom is 0.416 e. The molecule has 0 saturated heterocycles. The molecule has 0 atom stereocenters. The number of nitrogens with one attached hydrogen (secondary N) is 1. The third-order valence-corrected chi connectivity index (χ3v) is 2.93. The second-order valence-corrected chi connectivity index (χ2v) is 4.61. The van der Waals surface area contributed by atoms with E-state index in [4.69, 9.17) is 11.6 Å². The monoisotopic (exact) mass is 303 g/mol. The smallest absolute Gasteiger partial charge is 0.379 e. The zero-order valence-corrected chi connectivity index (χ0v) is 10.9. The van der Waals surface area contributed by atoms with Crippen LogP contribution in [0.25, 0.3) is 0 Å². The number of anilines is 1. The molecule has 0 aliphatic rings. The lowest BCUT2D eigenvalue weighted by molar-refractivity contribution is -0.137. The molecule has 0 amide bonds. The Morgan fingerprint density at radius 1 is 1.00 bits per heavy atom. The summed E-state index contributed by atoms with van der Waals surface area (Å²) >= 11 is 5.74. The third kappa shape index (κ3) is 3.63. The van der Waals surface area contributed by atoms with Crippen molar-refractivity contribution in [2.75, 3.05) is 5.32 Å². The molecule has 20 heavy (non-hydrogen) atoms. The predicted molar refractivity (Wildman–Crippen MR) is 70.2 cm³/mol. The van der Waals surface area contributed by atoms with E-state index in [0.717, 1.165) is 12.1 Å². The van der Waals surface area contributed by atoms with Gasteiger partial charge in [-0.2, -0.15) is 13.2 Å². The minimum Gasteiger partial charge on any atom is -0.379 e. The van der Waals surface area contributed by atoms with Crippen LogP contribution >= 0.6 is 11.6 Å². The highest BCUT2D eigenvalue weighted by molar-refractivity contribution is 6.30. The molecular formula is C14H10ClF4N. The molecule has 1 nitrogen and oxygen atoms in total. The molecule has 1 N–H and O–H groups in total.